The van der Waals surface area contributed by atoms with Gasteiger partial charge in [0, 0.05) is 3.57 Å². The Kier molecular flexibility index (Phi) is 6.69. The van der Waals surface area contributed by atoms with Crippen LogP contribution in [0.25, 0.3) is 0 Å². The number of hydrogen-bond acceptors (Lipinski definition) is 2. The Hall–Kier alpha value is -0.620. The van der Waals surface area contributed by atoms with Gasteiger partial charge in [-0.1, -0.05) is 18.2 Å². The molecule has 3 nitrogen and oxygen atoms in total. The summed E-state index contributed by atoms with van der Waals surface area (Å²) in [6.45, 7) is -0.278. The van der Waals surface area contributed by atoms with Crippen LogP contribution in [0.1, 0.15) is 0 Å². The fourth-order valence-corrected chi connectivity index (χ4v) is 0.830. The number of nitrogens with two attached hydrogens (primary N) is 1. The van der Waals surface area contributed by atoms with Crippen LogP contribution >= 0.6 is 22.6 Å². The summed E-state index contributed by atoms with van der Waals surface area (Å²) in [6.07, 6.45) is 0. The van der Waals surface area contributed by atoms with E-state index >= 15 is 0 Å². The van der Waals surface area contributed by atoms with Gasteiger partial charge in [-0.3, -0.25) is 4.79 Å². The number of carbonyl (C=O) groups is 1. The molecule has 0 saturated carbocycles. The topological polar surface area (TPSA) is 63.3 Å². The molecule has 0 unspecified atom stereocenters. The van der Waals surface area contributed by atoms with Gasteiger partial charge in [-0.05, 0) is 34.7 Å². The molecule has 0 atom stereocenters. The number of carboxylic acid groups (broad SMARTS) is 1. The second kappa shape index (κ2) is 7.05. The largest absolute Gasteiger partial charge is 0.480 e. The minimum Gasteiger partial charge on any atom is -0.480 e. The van der Waals surface area contributed by atoms with Crippen LogP contribution in [0.4, 0.5) is 0 Å². The zero-order valence-corrected chi connectivity index (χ0v) is 8.56. The molecule has 0 radical (unpaired) electrons. The van der Waals surface area contributed by atoms with Crippen molar-refractivity contribution in [2.24, 2.45) is 5.73 Å². The van der Waals surface area contributed by atoms with Crippen molar-refractivity contribution in [3.63, 3.8) is 0 Å². The molecule has 66 valence electrons. The molecule has 0 bridgehead atoms. The lowest BCUT2D eigenvalue weighted by molar-refractivity contribution is -0.135. The molecule has 1 rings (SSSR count). The lowest BCUT2D eigenvalue weighted by Crippen LogP contribution is -2.10. The molecule has 1 aromatic rings. The molecule has 3 N–H and O–H groups in total. The summed E-state index contributed by atoms with van der Waals surface area (Å²) in [6, 6.07) is 10.2. The van der Waals surface area contributed by atoms with E-state index in [1.807, 2.05) is 18.2 Å². The SMILES string of the molecule is Ic1ccccc1.NCC(=O)O. The molecular formula is C8H10INO2. The molecule has 0 amide bonds. The van der Waals surface area contributed by atoms with E-state index in [1.165, 1.54) is 3.57 Å². The summed E-state index contributed by atoms with van der Waals surface area (Å²) in [5.41, 5.74) is 4.57. The van der Waals surface area contributed by atoms with Crippen LogP contribution < -0.4 is 5.73 Å². The maximum Gasteiger partial charge on any atom is 0.317 e. The number of aliphatic carboxylic acids is 1. The van der Waals surface area contributed by atoms with Gasteiger partial charge in [-0.15, -0.1) is 0 Å². The van der Waals surface area contributed by atoms with Crippen LogP contribution in [0.5, 0.6) is 0 Å². The van der Waals surface area contributed by atoms with E-state index in [-0.39, 0.29) is 6.54 Å². The van der Waals surface area contributed by atoms with Gasteiger partial charge in [0.25, 0.3) is 0 Å². The van der Waals surface area contributed by atoms with Gasteiger partial charge in [0.05, 0.1) is 6.54 Å². The normalized spacial score (nSPS) is 8.17. The van der Waals surface area contributed by atoms with Gasteiger partial charge in [0.1, 0.15) is 0 Å². The van der Waals surface area contributed by atoms with Crippen molar-refractivity contribution in [3.8, 4) is 0 Å². The average molecular weight is 279 g/mol. The zero-order chi connectivity index (χ0) is 9.40. The van der Waals surface area contributed by atoms with Crippen molar-refractivity contribution in [2.75, 3.05) is 6.54 Å². The average Bonchev–Trinajstić information content (AvgIpc) is 2.07. The van der Waals surface area contributed by atoms with E-state index in [2.05, 4.69) is 40.5 Å². The second-order valence-corrected chi connectivity index (χ2v) is 3.14. The highest BCUT2D eigenvalue weighted by Gasteiger charge is 1.81. The van der Waals surface area contributed by atoms with Crippen molar-refractivity contribution < 1.29 is 9.90 Å². The quantitative estimate of drug-likeness (QED) is 0.762. The van der Waals surface area contributed by atoms with Crippen LogP contribution in [0.15, 0.2) is 30.3 Å². The Morgan fingerprint density at radius 3 is 2.00 bits per heavy atom. The van der Waals surface area contributed by atoms with Crippen molar-refractivity contribution in [2.45, 2.75) is 0 Å². The highest BCUT2D eigenvalue weighted by atomic mass is 127. The first kappa shape index (κ1) is 11.4. The third-order valence-electron chi connectivity index (χ3n) is 0.908. The van der Waals surface area contributed by atoms with Gasteiger partial charge >= 0.3 is 5.97 Å². The lowest BCUT2D eigenvalue weighted by atomic mass is 10.4. The van der Waals surface area contributed by atoms with Gasteiger partial charge in [0.2, 0.25) is 0 Å². The molecule has 0 aromatic heterocycles. The summed E-state index contributed by atoms with van der Waals surface area (Å²) < 4.78 is 1.29. The standard InChI is InChI=1S/C6H5I.C2H5NO2/c7-6-4-2-1-3-5-6;3-1-2(4)5/h1-5H;1,3H2,(H,4,5). The second-order valence-electron chi connectivity index (χ2n) is 1.89. The zero-order valence-electron chi connectivity index (χ0n) is 6.40. The van der Waals surface area contributed by atoms with Gasteiger partial charge in [0.15, 0.2) is 0 Å². The molecule has 0 aliphatic carbocycles. The Labute approximate surface area is 84.7 Å². The first-order chi connectivity index (χ1) is 5.66. The highest BCUT2D eigenvalue weighted by Crippen LogP contribution is 1.99. The lowest BCUT2D eigenvalue weighted by Gasteiger charge is -1.80. The Morgan fingerprint density at radius 1 is 1.42 bits per heavy atom. The Balaban J connectivity index is 0.000000217. The summed E-state index contributed by atoms with van der Waals surface area (Å²) in [4.78, 5) is 9.24. The maximum atomic E-state index is 9.24. The Bertz CT molecular complexity index is 226. The van der Waals surface area contributed by atoms with Gasteiger partial charge < -0.3 is 10.8 Å². The number of hydrogen-bond donors (Lipinski definition) is 2. The van der Waals surface area contributed by atoms with E-state index in [1.54, 1.807) is 0 Å². The minimum atomic E-state index is -0.968. The van der Waals surface area contributed by atoms with E-state index in [9.17, 15) is 4.79 Å². The number of rotatable bonds is 1. The number of halogens is 1. The van der Waals surface area contributed by atoms with Crippen molar-refractivity contribution >= 4 is 28.6 Å². The van der Waals surface area contributed by atoms with E-state index < -0.39 is 5.97 Å². The Morgan fingerprint density at radius 2 is 1.83 bits per heavy atom. The van der Waals surface area contributed by atoms with Crippen molar-refractivity contribution in [1.29, 1.82) is 0 Å². The third kappa shape index (κ3) is 7.49. The fraction of sp³-hybridized carbons (Fsp3) is 0.125. The van der Waals surface area contributed by atoms with Crippen molar-refractivity contribution in [3.05, 3.63) is 33.9 Å². The first-order valence-electron chi connectivity index (χ1n) is 3.29. The van der Waals surface area contributed by atoms with Gasteiger partial charge in [-0.2, -0.15) is 0 Å². The molecule has 4 heteroatoms. The molecule has 0 spiro atoms. The minimum absolute atomic E-state index is 0.278. The molecule has 0 fully saturated rings. The highest BCUT2D eigenvalue weighted by molar-refractivity contribution is 14.1. The smallest absolute Gasteiger partial charge is 0.317 e. The van der Waals surface area contributed by atoms with Crippen LogP contribution in [0.2, 0.25) is 0 Å². The fourth-order valence-electron chi connectivity index (χ4n) is 0.415. The molecule has 0 saturated heterocycles. The number of benzene rings is 1. The van der Waals surface area contributed by atoms with Crippen LogP contribution in [-0.4, -0.2) is 17.6 Å². The van der Waals surface area contributed by atoms with E-state index in [0.29, 0.717) is 0 Å². The predicted octanol–water partition coefficient (Wildman–Crippen LogP) is 1.32. The summed E-state index contributed by atoms with van der Waals surface area (Å²) >= 11 is 2.28. The number of carboxylic acids is 1. The predicted molar refractivity (Wildman–Crippen MR) is 55.8 cm³/mol. The molecule has 1 aromatic carbocycles. The van der Waals surface area contributed by atoms with E-state index in [4.69, 9.17) is 5.11 Å². The monoisotopic (exact) mass is 279 g/mol. The molecular weight excluding hydrogens is 269 g/mol. The molecule has 0 aliphatic rings. The summed E-state index contributed by atoms with van der Waals surface area (Å²) in [7, 11) is 0. The van der Waals surface area contributed by atoms with E-state index in [0.717, 1.165) is 0 Å². The molecule has 0 heterocycles. The van der Waals surface area contributed by atoms with Crippen LogP contribution in [0, 0.1) is 3.57 Å². The first-order valence-corrected chi connectivity index (χ1v) is 4.37. The summed E-state index contributed by atoms with van der Waals surface area (Å²) in [5.74, 6) is -0.968. The summed E-state index contributed by atoms with van der Waals surface area (Å²) in [5, 5.41) is 7.60. The molecule has 12 heavy (non-hydrogen) atoms. The van der Waals surface area contributed by atoms with Gasteiger partial charge in [-0.25, -0.2) is 0 Å². The van der Waals surface area contributed by atoms with Crippen molar-refractivity contribution in [1.82, 2.24) is 0 Å². The molecule has 0 aliphatic heterocycles. The van der Waals surface area contributed by atoms with Crippen LogP contribution in [0.3, 0.4) is 0 Å². The third-order valence-corrected chi connectivity index (χ3v) is 1.63. The van der Waals surface area contributed by atoms with Crippen LogP contribution in [-0.2, 0) is 4.79 Å². The maximum absolute atomic E-state index is 9.24.